The van der Waals surface area contributed by atoms with Crippen LogP contribution >= 0.6 is 0 Å². The molecular weight excluding hydrogens is 446 g/mol. The fourth-order valence-electron chi connectivity index (χ4n) is 4.50. The van der Waals surface area contributed by atoms with Gasteiger partial charge in [0.05, 0.1) is 23.9 Å². The zero-order valence-electron chi connectivity index (χ0n) is 19.6. The van der Waals surface area contributed by atoms with E-state index in [1.54, 1.807) is 38.5 Å². The molecule has 5 rings (SSSR count). The van der Waals surface area contributed by atoms with E-state index in [0.29, 0.717) is 28.4 Å². The molecule has 0 aliphatic carbocycles. The first kappa shape index (κ1) is 22.3. The summed E-state index contributed by atoms with van der Waals surface area (Å²) in [6, 6.07) is 13.0. The minimum Gasteiger partial charge on any atom is -0.508 e. The van der Waals surface area contributed by atoms with Crippen LogP contribution < -0.4 is 10.5 Å². The van der Waals surface area contributed by atoms with Crippen LogP contribution in [0.25, 0.3) is 11.5 Å². The summed E-state index contributed by atoms with van der Waals surface area (Å²) < 4.78 is 14.9. The molecule has 1 aliphatic heterocycles. The van der Waals surface area contributed by atoms with Crippen molar-refractivity contribution < 1.29 is 19.4 Å². The Morgan fingerprint density at radius 2 is 1.97 bits per heavy atom. The van der Waals surface area contributed by atoms with Gasteiger partial charge in [-0.1, -0.05) is 24.3 Å². The zero-order chi connectivity index (χ0) is 24.7. The number of imidazole rings is 1. The number of rotatable bonds is 5. The van der Waals surface area contributed by atoms with Crippen LogP contribution in [0.15, 0.2) is 72.6 Å². The van der Waals surface area contributed by atoms with E-state index >= 15 is 0 Å². The Labute approximate surface area is 202 Å². The maximum Gasteiger partial charge on any atom is 0.340 e. The Bertz CT molecular complexity index is 1440. The van der Waals surface area contributed by atoms with Gasteiger partial charge < -0.3 is 20.3 Å². The number of hydrogen-bond acceptors (Lipinski definition) is 7. The number of aromatic hydroxyl groups is 1. The van der Waals surface area contributed by atoms with Crippen LogP contribution in [0.4, 0.5) is 0 Å². The molecule has 9 heteroatoms. The van der Waals surface area contributed by atoms with Crippen molar-refractivity contribution in [2.45, 2.75) is 26.7 Å². The van der Waals surface area contributed by atoms with E-state index in [-0.39, 0.29) is 23.8 Å². The maximum atomic E-state index is 13.2. The summed E-state index contributed by atoms with van der Waals surface area (Å²) >= 11 is 0. The minimum atomic E-state index is -0.660. The summed E-state index contributed by atoms with van der Waals surface area (Å²) in [6.07, 6.45) is 5.18. The molecule has 35 heavy (non-hydrogen) atoms. The van der Waals surface area contributed by atoms with Crippen molar-refractivity contribution >= 4 is 5.97 Å². The van der Waals surface area contributed by atoms with Crippen LogP contribution in [0, 0.1) is 13.8 Å². The third-order valence-corrected chi connectivity index (χ3v) is 6.10. The molecule has 178 valence electrons. The predicted molar refractivity (Wildman–Crippen MR) is 129 cm³/mol. The van der Waals surface area contributed by atoms with Crippen molar-refractivity contribution in [1.82, 2.24) is 19.3 Å². The van der Waals surface area contributed by atoms with Gasteiger partial charge in [-0.15, -0.1) is 0 Å². The maximum absolute atomic E-state index is 13.2. The van der Waals surface area contributed by atoms with Crippen LogP contribution in [-0.4, -0.2) is 37.0 Å². The molecule has 2 aromatic carbocycles. The second-order valence-corrected chi connectivity index (χ2v) is 8.20. The van der Waals surface area contributed by atoms with Gasteiger partial charge >= 0.3 is 5.97 Å². The lowest BCUT2D eigenvalue weighted by molar-refractivity contribution is -0.139. The van der Waals surface area contributed by atoms with E-state index in [9.17, 15) is 9.90 Å². The van der Waals surface area contributed by atoms with Gasteiger partial charge in [-0.05, 0) is 39.0 Å². The highest BCUT2D eigenvalue weighted by molar-refractivity contribution is 5.93. The molecule has 4 aromatic rings. The van der Waals surface area contributed by atoms with Crippen molar-refractivity contribution in [3.8, 4) is 23.0 Å². The third-order valence-electron chi connectivity index (χ3n) is 6.10. The lowest BCUT2D eigenvalue weighted by Crippen LogP contribution is -2.28. The van der Waals surface area contributed by atoms with Crippen molar-refractivity contribution in [3.63, 3.8) is 0 Å². The number of carbonyl (C=O) groups is 1. The summed E-state index contributed by atoms with van der Waals surface area (Å²) in [5.74, 6) is -0.130. The molecule has 2 aromatic heterocycles. The summed E-state index contributed by atoms with van der Waals surface area (Å²) in [6.45, 7) is 5.54. The predicted octanol–water partition coefficient (Wildman–Crippen LogP) is 3.64. The standard InChI is InChI=1S/C26H25N5O4/c1-4-34-26(33)22-21(18-10-11-19(32)15(2)23(18)35-24(22)27)20-16(3)29-31(17-8-6-5-7-9-17)25(20)30-13-12-28-14-30/h5-14,21,32H,4,27H2,1-3H3. The second-order valence-electron chi connectivity index (χ2n) is 8.20. The second kappa shape index (κ2) is 8.68. The monoisotopic (exact) mass is 471 g/mol. The van der Waals surface area contributed by atoms with E-state index in [1.807, 2.05) is 52.7 Å². The molecule has 1 unspecified atom stereocenters. The SMILES string of the molecule is CCOC(=O)C1=C(N)Oc2c(ccc(O)c2C)C1c1c(C)nn(-c2ccccc2)c1-n1ccnc1. The number of nitrogens with two attached hydrogens (primary N) is 1. The molecule has 1 atom stereocenters. The largest absolute Gasteiger partial charge is 0.508 e. The van der Waals surface area contributed by atoms with Gasteiger partial charge in [0.1, 0.15) is 29.2 Å². The van der Waals surface area contributed by atoms with Crippen LogP contribution in [0.5, 0.6) is 11.5 Å². The number of phenolic OH excluding ortho intramolecular Hbond substituents is 1. The average Bonchev–Trinajstić information content (AvgIpc) is 3.49. The molecule has 0 amide bonds. The van der Waals surface area contributed by atoms with Crippen molar-refractivity contribution in [2.75, 3.05) is 6.61 Å². The van der Waals surface area contributed by atoms with Gasteiger partial charge in [-0.2, -0.15) is 5.10 Å². The summed E-state index contributed by atoms with van der Waals surface area (Å²) in [5.41, 5.74) is 9.99. The van der Waals surface area contributed by atoms with Gasteiger partial charge in [0.15, 0.2) is 0 Å². The number of aromatic nitrogens is 4. The molecule has 1 aliphatic rings. The first-order valence-electron chi connectivity index (χ1n) is 11.2. The number of fused-ring (bicyclic) bond motifs is 1. The van der Waals surface area contributed by atoms with E-state index in [0.717, 1.165) is 11.3 Å². The highest BCUT2D eigenvalue weighted by atomic mass is 16.5. The summed E-state index contributed by atoms with van der Waals surface area (Å²) in [7, 11) is 0. The number of phenols is 1. The fourth-order valence-corrected chi connectivity index (χ4v) is 4.50. The molecule has 0 fully saturated rings. The molecule has 0 radical (unpaired) electrons. The minimum absolute atomic E-state index is 0.0708. The molecule has 0 saturated carbocycles. The Hall–Kier alpha value is -4.53. The first-order chi connectivity index (χ1) is 16.9. The Morgan fingerprint density at radius 3 is 2.66 bits per heavy atom. The highest BCUT2D eigenvalue weighted by Gasteiger charge is 2.40. The zero-order valence-corrected chi connectivity index (χ0v) is 19.6. The molecule has 0 bridgehead atoms. The molecule has 3 heterocycles. The summed E-state index contributed by atoms with van der Waals surface area (Å²) in [4.78, 5) is 17.4. The average molecular weight is 472 g/mol. The Balaban J connectivity index is 1.85. The molecule has 0 saturated heterocycles. The lowest BCUT2D eigenvalue weighted by Gasteiger charge is -2.30. The Morgan fingerprint density at radius 1 is 1.20 bits per heavy atom. The lowest BCUT2D eigenvalue weighted by atomic mass is 9.81. The number of carbonyl (C=O) groups excluding carboxylic acids is 1. The van der Waals surface area contributed by atoms with Crippen molar-refractivity contribution in [1.29, 1.82) is 0 Å². The molecule has 9 nitrogen and oxygen atoms in total. The van der Waals surface area contributed by atoms with E-state index in [1.165, 1.54) is 0 Å². The number of ether oxygens (including phenoxy) is 2. The van der Waals surface area contributed by atoms with Gasteiger partial charge in [-0.3, -0.25) is 4.57 Å². The normalized spacial score (nSPS) is 15.0. The van der Waals surface area contributed by atoms with Gasteiger partial charge in [0, 0.05) is 29.1 Å². The smallest absolute Gasteiger partial charge is 0.340 e. The molecule has 3 N–H and O–H groups in total. The van der Waals surface area contributed by atoms with Crippen molar-refractivity contribution in [3.05, 3.63) is 95.0 Å². The van der Waals surface area contributed by atoms with E-state index < -0.39 is 11.9 Å². The van der Waals surface area contributed by atoms with E-state index in [2.05, 4.69) is 4.98 Å². The van der Waals surface area contributed by atoms with Crippen LogP contribution in [0.3, 0.4) is 0 Å². The van der Waals surface area contributed by atoms with Crippen LogP contribution in [-0.2, 0) is 9.53 Å². The van der Waals surface area contributed by atoms with E-state index in [4.69, 9.17) is 20.3 Å². The molecule has 0 spiro atoms. The fraction of sp³-hybridized carbons (Fsp3) is 0.192. The third kappa shape index (κ3) is 3.61. The topological polar surface area (TPSA) is 117 Å². The number of esters is 1. The van der Waals surface area contributed by atoms with Gasteiger partial charge in [0.2, 0.25) is 5.88 Å². The summed E-state index contributed by atoms with van der Waals surface area (Å²) in [5, 5.41) is 15.2. The van der Waals surface area contributed by atoms with Gasteiger partial charge in [-0.25, -0.2) is 14.5 Å². The Kier molecular flexibility index (Phi) is 5.52. The van der Waals surface area contributed by atoms with Gasteiger partial charge in [0.25, 0.3) is 0 Å². The number of nitrogens with zero attached hydrogens (tertiary/aromatic N) is 4. The van der Waals surface area contributed by atoms with Crippen molar-refractivity contribution in [2.24, 2.45) is 5.73 Å². The number of aryl methyl sites for hydroxylation is 1. The number of para-hydroxylation sites is 1. The first-order valence-corrected chi connectivity index (χ1v) is 11.2. The number of hydrogen-bond donors (Lipinski definition) is 2. The molecular formula is C26H25N5O4. The highest BCUT2D eigenvalue weighted by Crippen LogP contribution is 2.48. The quantitative estimate of drug-likeness (QED) is 0.427. The van der Waals surface area contributed by atoms with Crippen LogP contribution in [0.2, 0.25) is 0 Å². The number of benzene rings is 2. The van der Waals surface area contributed by atoms with Crippen LogP contribution in [0.1, 0.15) is 35.2 Å².